The van der Waals surface area contributed by atoms with Crippen LogP contribution in [0.3, 0.4) is 0 Å². The lowest BCUT2D eigenvalue weighted by atomic mass is 9.97. The third-order valence-corrected chi connectivity index (χ3v) is 5.50. The molecule has 4 heterocycles. The lowest BCUT2D eigenvalue weighted by molar-refractivity contribution is 0.193. The van der Waals surface area contributed by atoms with Gasteiger partial charge in [-0.1, -0.05) is 6.07 Å². The van der Waals surface area contributed by atoms with Gasteiger partial charge in [0.2, 0.25) is 0 Å². The topological polar surface area (TPSA) is 54.5 Å². The fourth-order valence-electron chi connectivity index (χ4n) is 4.16. The van der Waals surface area contributed by atoms with Crippen molar-refractivity contribution in [1.29, 1.82) is 0 Å². The number of likely N-dealkylation sites (tertiary alicyclic amines) is 1. The Morgan fingerprint density at radius 2 is 2.07 bits per heavy atom. The molecule has 7 heteroatoms. The molecule has 0 aromatic carbocycles. The van der Waals surface area contributed by atoms with Crippen molar-refractivity contribution in [2.24, 2.45) is 7.05 Å². The number of hydrogen-bond donors (Lipinski definition) is 0. The number of fused-ring (bicyclic) bond motifs is 1. The van der Waals surface area contributed by atoms with Gasteiger partial charge in [0.05, 0.1) is 17.8 Å². The quantitative estimate of drug-likeness (QED) is 0.692. The number of hydrogen-bond acceptors (Lipinski definition) is 5. The van der Waals surface area contributed by atoms with Crippen LogP contribution in [0.4, 0.5) is 0 Å². The van der Waals surface area contributed by atoms with Crippen LogP contribution in [0.5, 0.6) is 0 Å². The Labute approximate surface area is 160 Å². The average Bonchev–Trinajstić information content (AvgIpc) is 3.16. The van der Waals surface area contributed by atoms with Crippen LogP contribution in [-0.2, 0) is 20.1 Å². The normalized spacial score (nSPS) is 18.6. The van der Waals surface area contributed by atoms with E-state index in [0.717, 1.165) is 43.7 Å². The summed E-state index contributed by atoms with van der Waals surface area (Å²) in [5.41, 5.74) is 2.38. The van der Waals surface area contributed by atoms with Crippen molar-refractivity contribution in [2.75, 3.05) is 27.2 Å². The van der Waals surface area contributed by atoms with Gasteiger partial charge in [0.25, 0.3) is 0 Å². The molecule has 3 aromatic heterocycles. The lowest BCUT2D eigenvalue weighted by Gasteiger charge is -2.31. The highest BCUT2D eigenvalue weighted by molar-refractivity contribution is 5.53. The minimum Gasteiger partial charge on any atom is -0.317 e. The molecule has 4 rings (SSSR count). The average molecular weight is 368 g/mol. The Morgan fingerprint density at radius 1 is 1.22 bits per heavy atom. The maximum atomic E-state index is 4.82. The highest BCUT2D eigenvalue weighted by atomic mass is 15.3. The minimum absolute atomic E-state index is 0.433. The van der Waals surface area contributed by atoms with Gasteiger partial charge in [-0.15, -0.1) is 10.2 Å². The Hall–Kier alpha value is -2.25. The van der Waals surface area contributed by atoms with E-state index >= 15 is 0 Å². The maximum Gasteiger partial charge on any atom is 0.146 e. The van der Waals surface area contributed by atoms with Crippen LogP contribution in [0.15, 0.2) is 24.4 Å². The maximum absolute atomic E-state index is 4.82. The van der Waals surface area contributed by atoms with E-state index in [2.05, 4.69) is 81.4 Å². The summed E-state index contributed by atoms with van der Waals surface area (Å²) in [5, 5.41) is 8.95. The van der Waals surface area contributed by atoms with Crippen molar-refractivity contribution >= 4 is 5.52 Å². The number of aryl methyl sites for hydroxylation is 1. The van der Waals surface area contributed by atoms with E-state index in [-0.39, 0.29) is 0 Å². The molecular weight excluding hydrogens is 338 g/mol. The summed E-state index contributed by atoms with van der Waals surface area (Å²) in [6.45, 7) is 5.91. The van der Waals surface area contributed by atoms with Crippen LogP contribution in [0.1, 0.15) is 41.9 Å². The molecule has 1 aliphatic rings. The zero-order chi connectivity index (χ0) is 19.0. The second kappa shape index (κ2) is 7.40. The van der Waals surface area contributed by atoms with Gasteiger partial charge < -0.3 is 13.9 Å². The summed E-state index contributed by atoms with van der Waals surface area (Å²) in [5.74, 6) is 3.63. The molecule has 1 fully saturated rings. The van der Waals surface area contributed by atoms with Crippen LogP contribution in [-0.4, -0.2) is 61.1 Å². The number of rotatable bonds is 5. The standard InChI is InChI=1S/C20H29N7/c1-15-21-17(18-9-5-6-11-27(15)18)13-26-10-7-8-16(12-26)20-23-22-19(25(20)4)14-24(2)3/h5-6,9,11,16H,7-8,10,12-14H2,1-4H3. The summed E-state index contributed by atoms with van der Waals surface area (Å²) >= 11 is 0. The third-order valence-electron chi connectivity index (χ3n) is 5.50. The summed E-state index contributed by atoms with van der Waals surface area (Å²) in [4.78, 5) is 9.47. The zero-order valence-corrected chi connectivity index (χ0v) is 16.8. The molecule has 1 atom stereocenters. The third kappa shape index (κ3) is 3.61. The molecule has 0 radical (unpaired) electrons. The van der Waals surface area contributed by atoms with Crippen molar-refractivity contribution in [2.45, 2.75) is 38.8 Å². The van der Waals surface area contributed by atoms with E-state index in [4.69, 9.17) is 4.98 Å². The van der Waals surface area contributed by atoms with Gasteiger partial charge in [0.1, 0.15) is 17.5 Å². The molecule has 7 nitrogen and oxygen atoms in total. The highest BCUT2D eigenvalue weighted by Crippen LogP contribution is 2.27. The number of aromatic nitrogens is 5. The molecule has 0 aliphatic carbocycles. The second-order valence-corrected chi connectivity index (χ2v) is 7.91. The van der Waals surface area contributed by atoms with Gasteiger partial charge in [-0.05, 0) is 52.5 Å². The van der Waals surface area contributed by atoms with Gasteiger partial charge in [-0.25, -0.2) is 4.98 Å². The molecule has 1 unspecified atom stereocenters. The predicted octanol–water partition coefficient (Wildman–Crippen LogP) is 2.21. The Morgan fingerprint density at radius 3 is 2.89 bits per heavy atom. The van der Waals surface area contributed by atoms with E-state index in [1.165, 1.54) is 24.1 Å². The van der Waals surface area contributed by atoms with Crippen LogP contribution in [0.2, 0.25) is 0 Å². The minimum atomic E-state index is 0.433. The van der Waals surface area contributed by atoms with Gasteiger partial charge in [-0.2, -0.15) is 0 Å². The van der Waals surface area contributed by atoms with Crippen molar-refractivity contribution < 1.29 is 0 Å². The van der Waals surface area contributed by atoms with Crippen molar-refractivity contribution in [3.63, 3.8) is 0 Å². The second-order valence-electron chi connectivity index (χ2n) is 7.91. The van der Waals surface area contributed by atoms with Gasteiger partial charge in [0.15, 0.2) is 0 Å². The molecule has 0 saturated carbocycles. The van der Waals surface area contributed by atoms with Gasteiger partial charge in [-0.3, -0.25) is 4.90 Å². The molecule has 144 valence electrons. The number of imidazole rings is 1. The first-order valence-electron chi connectivity index (χ1n) is 9.70. The summed E-state index contributed by atoms with van der Waals surface area (Å²) in [6, 6.07) is 6.31. The lowest BCUT2D eigenvalue weighted by Crippen LogP contribution is -2.35. The number of nitrogens with zero attached hydrogens (tertiary/aromatic N) is 7. The summed E-state index contributed by atoms with van der Waals surface area (Å²) < 4.78 is 4.36. The van der Waals surface area contributed by atoms with E-state index in [0.29, 0.717) is 5.92 Å². The molecule has 0 bridgehead atoms. The fourth-order valence-corrected chi connectivity index (χ4v) is 4.16. The smallest absolute Gasteiger partial charge is 0.146 e. The van der Waals surface area contributed by atoms with E-state index in [9.17, 15) is 0 Å². The van der Waals surface area contributed by atoms with Crippen molar-refractivity contribution in [3.8, 4) is 0 Å². The van der Waals surface area contributed by atoms with E-state index < -0.39 is 0 Å². The number of piperidine rings is 1. The van der Waals surface area contributed by atoms with Crippen LogP contribution < -0.4 is 0 Å². The molecular formula is C20H29N7. The molecule has 1 saturated heterocycles. The van der Waals surface area contributed by atoms with Crippen LogP contribution in [0.25, 0.3) is 5.52 Å². The first kappa shape index (κ1) is 18.1. The van der Waals surface area contributed by atoms with Crippen molar-refractivity contribution in [3.05, 3.63) is 47.6 Å². The first-order chi connectivity index (χ1) is 13.0. The van der Waals surface area contributed by atoms with Gasteiger partial charge >= 0.3 is 0 Å². The van der Waals surface area contributed by atoms with Crippen molar-refractivity contribution in [1.82, 2.24) is 33.9 Å². The predicted molar refractivity (Wildman–Crippen MR) is 106 cm³/mol. The molecule has 0 spiro atoms. The molecule has 0 amide bonds. The summed E-state index contributed by atoms with van der Waals surface area (Å²) in [7, 11) is 6.22. The Balaban J connectivity index is 1.51. The SMILES string of the molecule is Cc1nc(CN2CCCC(c3nnc(CN(C)C)n3C)C2)c2ccccn12. The summed E-state index contributed by atoms with van der Waals surface area (Å²) in [6.07, 6.45) is 4.45. The first-order valence-corrected chi connectivity index (χ1v) is 9.70. The zero-order valence-electron chi connectivity index (χ0n) is 16.8. The highest BCUT2D eigenvalue weighted by Gasteiger charge is 2.26. The molecule has 27 heavy (non-hydrogen) atoms. The number of pyridine rings is 1. The van der Waals surface area contributed by atoms with E-state index in [1.807, 2.05) is 0 Å². The van der Waals surface area contributed by atoms with Crippen LogP contribution in [0, 0.1) is 6.92 Å². The Kier molecular flexibility index (Phi) is 4.97. The Bertz CT molecular complexity index is 924. The molecule has 0 N–H and O–H groups in total. The molecule has 1 aliphatic heterocycles. The van der Waals surface area contributed by atoms with Crippen LogP contribution >= 0.6 is 0 Å². The van der Waals surface area contributed by atoms with Gasteiger partial charge in [0, 0.05) is 32.3 Å². The van der Waals surface area contributed by atoms with E-state index in [1.54, 1.807) is 0 Å². The largest absolute Gasteiger partial charge is 0.317 e. The fraction of sp³-hybridized carbons (Fsp3) is 0.550. The molecule has 3 aromatic rings. The monoisotopic (exact) mass is 367 g/mol.